The minimum atomic E-state index is -0.579. The number of hydrogen-bond acceptors (Lipinski definition) is 3. The summed E-state index contributed by atoms with van der Waals surface area (Å²) < 4.78 is 0. The first-order chi connectivity index (χ1) is 9.24. The van der Waals surface area contributed by atoms with Crippen LogP contribution in [0.3, 0.4) is 0 Å². The molecule has 19 heavy (non-hydrogen) atoms. The van der Waals surface area contributed by atoms with Crippen molar-refractivity contribution >= 4 is 28.7 Å². The summed E-state index contributed by atoms with van der Waals surface area (Å²) >= 11 is 1.42. The molecule has 1 spiro atoms. The third kappa shape index (κ3) is 1.32. The average molecular weight is 269 g/mol. The molecule has 0 saturated heterocycles. The van der Waals surface area contributed by atoms with E-state index in [1.807, 2.05) is 41.8 Å². The number of para-hydroxylation sites is 1. The normalized spacial score (nSPS) is 18.7. The van der Waals surface area contributed by atoms with E-state index in [4.69, 9.17) is 0 Å². The van der Waals surface area contributed by atoms with Gasteiger partial charge in [0.2, 0.25) is 0 Å². The molecule has 2 aliphatic rings. The number of nitrogens with zero attached hydrogens (tertiary/aromatic N) is 1. The number of thiophene rings is 1. The zero-order valence-electron chi connectivity index (χ0n) is 10.1. The van der Waals surface area contributed by atoms with E-state index < -0.39 is 5.54 Å². The van der Waals surface area contributed by atoms with E-state index >= 15 is 0 Å². The zero-order valence-corrected chi connectivity index (χ0v) is 10.9. The summed E-state index contributed by atoms with van der Waals surface area (Å²) in [6.07, 6.45) is 1.55. The van der Waals surface area contributed by atoms with Gasteiger partial charge in [-0.1, -0.05) is 18.2 Å². The van der Waals surface area contributed by atoms with Gasteiger partial charge in [-0.3, -0.25) is 14.5 Å². The molecule has 0 unspecified atom stereocenters. The molecule has 3 nitrogen and oxygen atoms in total. The van der Waals surface area contributed by atoms with Crippen molar-refractivity contribution in [3.8, 4) is 0 Å². The summed E-state index contributed by atoms with van der Waals surface area (Å²) in [5.41, 5.74) is 0.874. The summed E-state index contributed by atoms with van der Waals surface area (Å²) in [5.74, 6) is 0.0545. The topological polar surface area (TPSA) is 37.4 Å². The van der Waals surface area contributed by atoms with E-state index in [2.05, 4.69) is 0 Å². The van der Waals surface area contributed by atoms with Crippen LogP contribution in [0.15, 0.2) is 41.8 Å². The molecule has 1 saturated carbocycles. The van der Waals surface area contributed by atoms with Crippen LogP contribution in [0, 0.1) is 0 Å². The van der Waals surface area contributed by atoms with Crippen LogP contribution in [-0.2, 0) is 0 Å². The van der Waals surface area contributed by atoms with Gasteiger partial charge in [0.05, 0.1) is 10.6 Å². The van der Waals surface area contributed by atoms with Crippen molar-refractivity contribution in [2.24, 2.45) is 0 Å². The van der Waals surface area contributed by atoms with Crippen molar-refractivity contribution in [2.75, 3.05) is 4.90 Å². The lowest BCUT2D eigenvalue weighted by Gasteiger charge is -2.23. The van der Waals surface area contributed by atoms with Gasteiger partial charge in [0, 0.05) is 5.56 Å². The lowest BCUT2D eigenvalue weighted by atomic mass is 10.1. The van der Waals surface area contributed by atoms with Gasteiger partial charge in [0.1, 0.15) is 5.54 Å². The number of Topliss-reactive ketones (excluding diaryl/α,β-unsaturated/α-hetero) is 1. The van der Waals surface area contributed by atoms with Crippen molar-refractivity contribution in [3.05, 3.63) is 52.2 Å². The molecular formula is C15H11NO2S. The number of amides is 1. The predicted molar refractivity (Wildman–Crippen MR) is 73.9 cm³/mol. The van der Waals surface area contributed by atoms with Crippen molar-refractivity contribution in [2.45, 2.75) is 18.4 Å². The van der Waals surface area contributed by atoms with Gasteiger partial charge in [-0.25, -0.2) is 0 Å². The Morgan fingerprint density at radius 1 is 1.16 bits per heavy atom. The maximum absolute atomic E-state index is 12.7. The minimum Gasteiger partial charge on any atom is -0.293 e. The minimum absolute atomic E-state index is 0.0502. The molecule has 1 aromatic heterocycles. The number of rotatable bonds is 1. The quantitative estimate of drug-likeness (QED) is 0.797. The smallest absolute Gasteiger partial charge is 0.269 e. The Morgan fingerprint density at radius 2 is 1.95 bits per heavy atom. The van der Waals surface area contributed by atoms with Crippen LogP contribution >= 0.6 is 11.3 Å². The summed E-state index contributed by atoms with van der Waals surface area (Å²) in [7, 11) is 0. The number of hydrogen-bond donors (Lipinski definition) is 0. The lowest BCUT2D eigenvalue weighted by molar-refractivity contribution is 0.0905. The largest absolute Gasteiger partial charge is 0.293 e. The van der Waals surface area contributed by atoms with Crippen LogP contribution < -0.4 is 4.90 Å². The van der Waals surface area contributed by atoms with Gasteiger partial charge in [0.25, 0.3) is 5.91 Å². The third-order valence-corrected chi connectivity index (χ3v) is 4.76. The Morgan fingerprint density at radius 3 is 2.63 bits per heavy atom. The number of fused-ring (bicyclic) bond motifs is 1. The molecule has 1 amide bonds. The predicted octanol–water partition coefficient (Wildman–Crippen LogP) is 3.12. The Balaban J connectivity index is 1.88. The summed E-state index contributed by atoms with van der Waals surface area (Å²) in [6, 6.07) is 11.1. The van der Waals surface area contributed by atoms with Crippen LogP contribution in [0.4, 0.5) is 5.69 Å². The molecule has 1 aliphatic heterocycles. The molecule has 1 fully saturated rings. The van der Waals surface area contributed by atoms with Crippen LogP contribution in [0.25, 0.3) is 0 Å². The van der Waals surface area contributed by atoms with E-state index in [0.29, 0.717) is 10.4 Å². The summed E-state index contributed by atoms with van der Waals surface area (Å²) in [5, 5.41) is 1.89. The molecule has 94 valence electrons. The fourth-order valence-electron chi connectivity index (χ4n) is 2.83. The first-order valence-corrected chi connectivity index (χ1v) is 7.14. The van der Waals surface area contributed by atoms with Crippen LogP contribution in [-0.4, -0.2) is 17.2 Å². The molecule has 0 atom stereocenters. The molecule has 0 bridgehead atoms. The first kappa shape index (κ1) is 10.9. The van der Waals surface area contributed by atoms with Gasteiger partial charge in [0.15, 0.2) is 5.78 Å². The third-order valence-electron chi connectivity index (χ3n) is 3.90. The van der Waals surface area contributed by atoms with Gasteiger partial charge < -0.3 is 0 Å². The highest BCUT2D eigenvalue weighted by Crippen LogP contribution is 2.53. The maximum Gasteiger partial charge on any atom is 0.269 e. The second kappa shape index (κ2) is 3.54. The van der Waals surface area contributed by atoms with E-state index in [1.165, 1.54) is 11.3 Å². The van der Waals surface area contributed by atoms with Gasteiger partial charge >= 0.3 is 0 Å². The number of carbonyl (C=O) groups excluding carboxylic acids is 2. The maximum atomic E-state index is 12.7. The monoisotopic (exact) mass is 269 g/mol. The summed E-state index contributed by atoms with van der Waals surface area (Å²) in [6.45, 7) is 0. The number of benzene rings is 1. The van der Waals surface area contributed by atoms with Crippen molar-refractivity contribution in [3.63, 3.8) is 0 Å². The molecular weight excluding hydrogens is 258 g/mol. The Bertz CT molecular complexity index is 686. The summed E-state index contributed by atoms with van der Waals surface area (Å²) in [4.78, 5) is 27.5. The average Bonchev–Trinajstić information content (AvgIpc) is 2.96. The molecule has 1 aromatic carbocycles. The van der Waals surface area contributed by atoms with E-state index in [-0.39, 0.29) is 11.7 Å². The molecule has 1 aliphatic carbocycles. The highest BCUT2D eigenvalue weighted by atomic mass is 32.1. The first-order valence-electron chi connectivity index (χ1n) is 6.26. The van der Waals surface area contributed by atoms with E-state index in [0.717, 1.165) is 18.5 Å². The highest BCUT2D eigenvalue weighted by Gasteiger charge is 2.61. The Labute approximate surface area is 114 Å². The molecule has 2 aromatic rings. The second-order valence-electron chi connectivity index (χ2n) is 5.00. The van der Waals surface area contributed by atoms with Crippen molar-refractivity contribution in [1.29, 1.82) is 0 Å². The van der Waals surface area contributed by atoms with Gasteiger partial charge in [-0.15, -0.1) is 11.3 Å². The Hall–Kier alpha value is -1.94. The van der Waals surface area contributed by atoms with Crippen LogP contribution in [0.5, 0.6) is 0 Å². The Kier molecular flexibility index (Phi) is 2.04. The van der Waals surface area contributed by atoms with E-state index in [1.54, 1.807) is 4.90 Å². The molecule has 4 rings (SSSR count). The standard InChI is InChI=1S/C15H11NO2S/c17-13-10-4-1-2-5-11(10)16(15(13)7-8-15)14(18)12-6-3-9-19-12/h1-6,9H,7-8H2. The highest BCUT2D eigenvalue weighted by molar-refractivity contribution is 7.12. The number of carbonyl (C=O) groups is 2. The SMILES string of the molecule is O=C(c1cccs1)N1c2ccccc2C(=O)C12CC2. The van der Waals surface area contributed by atoms with Gasteiger partial charge in [-0.05, 0) is 36.4 Å². The number of ketones is 1. The van der Waals surface area contributed by atoms with Crippen molar-refractivity contribution in [1.82, 2.24) is 0 Å². The van der Waals surface area contributed by atoms with E-state index in [9.17, 15) is 9.59 Å². The van der Waals surface area contributed by atoms with Crippen LogP contribution in [0.2, 0.25) is 0 Å². The number of anilines is 1. The fraction of sp³-hybridized carbons (Fsp3) is 0.200. The molecule has 0 N–H and O–H groups in total. The fourth-order valence-corrected chi connectivity index (χ4v) is 3.48. The van der Waals surface area contributed by atoms with Gasteiger partial charge in [-0.2, -0.15) is 0 Å². The van der Waals surface area contributed by atoms with Crippen molar-refractivity contribution < 1.29 is 9.59 Å². The molecule has 4 heteroatoms. The van der Waals surface area contributed by atoms with Crippen LogP contribution in [0.1, 0.15) is 32.9 Å². The molecule has 0 radical (unpaired) electrons. The zero-order chi connectivity index (χ0) is 13.0. The molecule has 2 heterocycles. The lowest BCUT2D eigenvalue weighted by Crippen LogP contribution is -2.42. The second-order valence-corrected chi connectivity index (χ2v) is 5.94.